The summed E-state index contributed by atoms with van der Waals surface area (Å²) < 4.78 is 1.44. The molecule has 0 nitrogen and oxygen atoms in total. The van der Waals surface area contributed by atoms with E-state index < -0.39 is 0 Å². The fraction of sp³-hybridized carbons (Fsp3) is 0.222. The maximum absolute atomic E-state index is 2.34. The monoisotopic (exact) mass is 264 g/mol. The summed E-state index contributed by atoms with van der Waals surface area (Å²) in [5, 5.41) is 1.44. The Bertz CT molecular complexity index is 779. The summed E-state index contributed by atoms with van der Waals surface area (Å²) in [6.45, 7) is 4.52. The van der Waals surface area contributed by atoms with Crippen molar-refractivity contribution in [2.75, 3.05) is 0 Å². The second kappa shape index (κ2) is 3.94. The largest absolute Gasteiger partial charge is 0.140 e. The lowest BCUT2D eigenvalue weighted by Gasteiger charge is -2.22. The van der Waals surface area contributed by atoms with E-state index in [0.717, 1.165) is 0 Å². The highest BCUT2D eigenvalue weighted by Crippen LogP contribution is 2.47. The van der Waals surface area contributed by atoms with Crippen molar-refractivity contribution >= 4 is 21.4 Å². The van der Waals surface area contributed by atoms with E-state index >= 15 is 0 Å². The van der Waals surface area contributed by atoms with Crippen LogP contribution in [0.3, 0.4) is 0 Å². The molecule has 1 aliphatic rings. The summed E-state index contributed by atoms with van der Waals surface area (Å²) in [5.74, 6) is 0.637. The van der Waals surface area contributed by atoms with E-state index in [1.165, 1.54) is 38.8 Å². The van der Waals surface area contributed by atoms with Gasteiger partial charge >= 0.3 is 0 Å². The Morgan fingerprint density at radius 2 is 1.95 bits per heavy atom. The van der Waals surface area contributed by atoms with Gasteiger partial charge in [-0.3, -0.25) is 0 Å². The smallest absolute Gasteiger partial charge is 0.0354 e. The number of benzene rings is 2. The predicted molar refractivity (Wildman–Crippen MR) is 84.1 cm³/mol. The molecule has 1 atom stereocenters. The SMILES string of the molecule is Cc1ccc2c3c(sc2c1)CC(C)c1ccccc1-3. The second-order valence-electron chi connectivity index (χ2n) is 5.59. The molecule has 4 rings (SSSR count). The van der Waals surface area contributed by atoms with Crippen LogP contribution in [0.15, 0.2) is 42.5 Å². The van der Waals surface area contributed by atoms with Gasteiger partial charge in [0.2, 0.25) is 0 Å². The molecule has 0 saturated carbocycles. The van der Waals surface area contributed by atoms with Crippen LogP contribution in [-0.2, 0) is 6.42 Å². The quantitative estimate of drug-likeness (QED) is 0.500. The van der Waals surface area contributed by atoms with Crippen molar-refractivity contribution in [1.82, 2.24) is 0 Å². The lowest BCUT2D eigenvalue weighted by atomic mass is 9.82. The maximum atomic E-state index is 2.34. The molecule has 1 aliphatic carbocycles. The van der Waals surface area contributed by atoms with E-state index in [1.807, 2.05) is 11.3 Å². The van der Waals surface area contributed by atoms with Crippen LogP contribution in [0.2, 0.25) is 0 Å². The van der Waals surface area contributed by atoms with Gasteiger partial charge in [-0.25, -0.2) is 0 Å². The zero-order valence-corrected chi connectivity index (χ0v) is 12.1. The Morgan fingerprint density at radius 3 is 2.84 bits per heavy atom. The van der Waals surface area contributed by atoms with Gasteiger partial charge in [0.05, 0.1) is 0 Å². The maximum Gasteiger partial charge on any atom is 0.0354 e. The second-order valence-corrected chi connectivity index (χ2v) is 6.73. The lowest BCUT2D eigenvalue weighted by molar-refractivity contribution is 0.760. The minimum absolute atomic E-state index is 0.637. The highest BCUT2D eigenvalue weighted by molar-refractivity contribution is 7.19. The first-order chi connectivity index (χ1) is 9.24. The molecule has 3 aromatic rings. The zero-order valence-electron chi connectivity index (χ0n) is 11.2. The molecule has 0 aliphatic heterocycles. The first-order valence-corrected chi connectivity index (χ1v) is 7.67. The van der Waals surface area contributed by atoms with E-state index in [9.17, 15) is 0 Å². The number of thiophene rings is 1. The van der Waals surface area contributed by atoms with Crippen LogP contribution in [-0.4, -0.2) is 0 Å². The van der Waals surface area contributed by atoms with Crippen molar-refractivity contribution in [3.8, 4) is 11.1 Å². The Hall–Kier alpha value is -1.60. The number of rotatable bonds is 0. The highest BCUT2D eigenvalue weighted by atomic mass is 32.1. The summed E-state index contributed by atoms with van der Waals surface area (Å²) in [6, 6.07) is 15.8. The van der Waals surface area contributed by atoms with Gasteiger partial charge in [-0.05, 0) is 42.0 Å². The third-order valence-corrected chi connectivity index (χ3v) is 5.35. The number of aryl methyl sites for hydroxylation is 1. The van der Waals surface area contributed by atoms with Gasteiger partial charge < -0.3 is 0 Å². The van der Waals surface area contributed by atoms with E-state index in [-0.39, 0.29) is 0 Å². The van der Waals surface area contributed by atoms with Gasteiger partial charge in [-0.1, -0.05) is 43.3 Å². The average molecular weight is 264 g/mol. The number of fused-ring (bicyclic) bond motifs is 5. The fourth-order valence-corrected chi connectivity index (χ4v) is 4.68. The summed E-state index contributed by atoms with van der Waals surface area (Å²) in [6.07, 6.45) is 1.19. The molecular formula is C18H16S. The molecule has 0 N–H and O–H groups in total. The predicted octanol–water partition coefficient (Wildman–Crippen LogP) is 5.54. The van der Waals surface area contributed by atoms with Crippen LogP contribution in [0.25, 0.3) is 21.2 Å². The van der Waals surface area contributed by atoms with Crippen molar-refractivity contribution in [2.45, 2.75) is 26.2 Å². The molecule has 0 radical (unpaired) electrons. The summed E-state index contributed by atoms with van der Waals surface area (Å²) >= 11 is 1.98. The van der Waals surface area contributed by atoms with Crippen molar-refractivity contribution in [1.29, 1.82) is 0 Å². The Labute approximate surface area is 117 Å². The van der Waals surface area contributed by atoms with Gasteiger partial charge in [0.25, 0.3) is 0 Å². The highest BCUT2D eigenvalue weighted by Gasteiger charge is 2.24. The van der Waals surface area contributed by atoms with Gasteiger partial charge in [0, 0.05) is 20.5 Å². The Morgan fingerprint density at radius 1 is 1.11 bits per heavy atom. The van der Waals surface area contributed by atoms with Crippen molar-refractivity contribution in [3.63, 3.8) is 0 Å². The zero-order chi connectivity index (χ0) is 13.0. The minimum Gasteiger partial charge on any atom is -0.140 e. The first kappa shape index (κ1) is 11.2. The molecule has 1 aromatic heterocycles. The molecule has 0 amide bonds. The third kappa shape index (κ3) is 1.58. The van der Waals surface area contributed by atoms with Crippen molar-refractivity contribution in [3.05, 3.63) is 58.5 Å². The van der Waals surface area contributed by atoms with Crippen LogP contribution in [0.4, 0.5) is 0 Å². The molecule has 1 unspecified atom stereocenters. The van der Waals surface area contributed by atoms with Crippen molar-refractivity contribution < 1.29 is 0 Å². The van der Waals surface area contributed by atoms with Crippen LogP contribution in [0.5, 0.6) is 0 Å². The van der Waals surface area contributed by atoms with Gasteiger partial charge in [0.15, 0.2) is 0 Å². The summed E-state index contributed by atoms with van der Waals surface area (Å²) in [5.41, 5.74) is 5.81. The van der Waals surface area contributed by atoms with E-state index in [1.54, 1.807) is 4.88 Å². The van der Waals surface area contributed by atoms with Crippen molar-refractivity contribution in [2.24, 2.45) is 0 Å². The molecule has 2 aromatic carbocycles. The van der Waals surface area contributed by atoms with Crippen LogP contribution < -0.4 is 0 Å². The fourth-order valence-electron chi connectivity index (χ4n) is 3.24. The molecule has 94 valence electrons. The molecule has 1 heteroatoms. The van der Waals surface area contributed by atoms with E-state index in [0.29, 0.717) is 5.92 Å². The van der Waals surface area contributed by atoms with E-state index in [4.69, 9.17) is 0 Å². The normalized spacial score (nSPS) is 17.3. The topological polar surface area (TPSA) is 0 Å². The lowest BCUT2D eigenvalue weighted by Crippen LogP contribution is -2.05. The van der Waals surface area contributed by atoms with Gasteiger partial charge in [-0.15, -0.1) is 11.3 Å². The van der Waals surface area contributed by atoms with Crippen LogP contribution in [0, 0.1) is 6.92 Å². The Kier molecular flexibility index (Phi) is 2.33. The Balaban J connectivity index is 2.10. The summed E-state index contributed by atoms with van der Waals surface area (Å²) in [7, 11) is 0. The summed E-state index contributed by atoms with van der Waals surface area (Å²) in [4.78, 5) is 1.56. The number of hydrogen-bond donors (Lipinski definition) is 0. The molecule has 0 fully saturated rings. The molecular weight excluding hydrogens is 248 g/mol. The molecule has 19 heavy (non-hydrogen) atoms. The van der Waals surface area contributed by atoms with Crippen LogP contribution in [0.1, 0.15) is 28.8 Å². The van der Waals surface area contributed by atoms with E-state index in [2.05, 4.69) is 56.3 Å². The standard InChI is InChI=1S/C18H16S/c1-11-7-8-15-16(9-11)19-17-10-12(2)13-5-3-4-6-14(13)18(15)17/h3-9,12H,10H2,1-2H3. The average Bonchev–Trinajstić information content (AvgIpc) is 2.76. The van der Waals surface area contributed by atoms with Crippen LogP contribution >= 0.6 is 11.3 Å². The molecule has 1 heterocycles. The molecule has 0 bridgehead atoms. The first-order valence-electron chi connectivity index (χ1n) is 6.85. The van der Waals surface area contributed by atoms with Gasteiger partial charge in [0.1, 0.15) is 0 Å². The number of hydrogen-bond acceptors (Lipinski definition) is 1. The molecule has 0 saturated heterocycles. The third-order valence-electron chi connectivity index (χ3n) is 4.17. The minimum atomic E-state index is 0.637. The molecule has 0 spiro atoms. The van der Waals surface area contributed by atoms with Gasteiger partial charge in [-0.2, -0.15) is 0 Å².